The van der Waals surface area contributed by atoms with Gasteiger partial charge in [0.25, 0.3) is 0 Å². The fourth-order valence-corrected chi connectivity index (χ4v) is 3.95. The zero-order valence-electron chi connectivity index (χ0n) is 17.7. The van der Waals surface area contributed by atoms with Crippen LogP contribution in [0.4, 0.5) is 13.2 Å². The number of hydrogen-bond acceptors (Lipinski definition) is 3. The third-order valence-corrected chi connectivity index (χ3v) is 5.48. The molecule has 1 saturated heterocycles. The molecule has 1 aliphatic heterocycles. The van der Waals surface area contributed by atoms with Gasteiger partial charge in [0.1, 0.15) is 0 Å². The second-order valence-electron chi connectivity index (χ2n) is 8.28. The van der Waals surface area contributed by atoms with Gasteiger partial charge in [0.2, 0.25) is 5.91 Å². The van der Waals surface area contributed by atoms with E-state index in [1.807, 2.05) is 19.1 Å². The molecule has 0 spiro atoms. The molecule has 0 aliphatic carbocycles. The van der Waals surface area contributed by atoms with E-state index in [-0.39, 0.29) is 11.8 Å². The lowest BCUT2D eigenvalue weighted by Crippen LogP contribution is -2.41. The van der Waals surface area contributed by atoms with Crippen molar-refractivity contribution < 1.29 is 18.0 Å². The van der Waals surface area contributed by atoms with Crippen molar-refractivity contribution in [1.82, 2.24) is 14.8 Å². The molecule has 2 aromatic rings. The topological polar surface area (TPSA) is 36.4 Å². The number of nitrogens with zero attached hydrogens (tertiary/aromatic N) is 3. The van der Waals surface area contributed by atoms with Crippen molar-refractivity contribution in [1.29, 1.82) is 0 Å². The maximum Gasteiger partial charge on any atom is 0.416 e. The first-order valence-electron chi connectivity index (χ1n) is 10.2. The summed E-state index contributed by atoms with van der Waals surface area (Å²) < 4.78 is 39.0. The van der Waals surface area contributed by atoms with E-state index in [9.17, 15) is 18.0 Å². The number of amides is 1. The van der Waals surface area contributed by atoms with E-state index in [1.165, 1.54) is 12.1 Å². The Hall–Kier alpha value is -2.41. The van der Waals surface area contributed by atoms with Crippen LogP contribution in [0.1, 0.15) is 46.8 Å². The summed E-state index contributed by atoms with van der Waals surface area (Å²) in [6, 6.07) is 9.42. The Kier molecular flexibility index (Phi) is 6.81. The Morgan fingerprint density at radius 1 is 1.20 bits per heavy atom. The number of aromatic nitrogens is 1. The Labute approximate surface area is 175 Å². The van der Waals surface area contributed by atoms with Gasteiger partial charge in [0.05, 0.1) is 12.1 Å². The highest BCUT2D eigenvalue weighted by Crippen LogP contribution is 2.31. The monoisotopic (exact) mass is 419 g/mol. The number of likely N-dealkylation sites (N-methyl/N-ethyl adjacent to an activating group) is 1. The zero-order valence-corrected chi connectivity index (χ0v) is 17.7. The standard InChI is InChI=1S/C23H28F3N3O/c1-16-10-18(11-17-6-4-8-20(12-17)23(24,25)26)13-21(27-16)19-7-5-9-29(14-19)15-22(30)28(2)3/h4,6,8,10,12-13,19H,5,7,9,11,14-15H2,1-3H3/t19-/m1/s1. The van der Waals surface area contributed by atoms with Crippen molar-refractivity contribution >= 4 is 5.91 Å². The van der Waals surface area contributed by atoms with Crippen LogP contribution in [-0.2, 0) is 17.4 Å². The van der Waals surface area contributed by atoms with Crippen LogP contribution in [0.3, 0.4) is 0 Å². The molecule has 1 atom stereocenters. The summed E-state index contributed by atoms with van der Waals surface area (Å²) in [7, 11) is 3.51. The molecule has 30 heavy (non-hydrogen) atoms. The van der Waals surface area contributed by atoms with Gasteiger partial charge < -0.3 is 4.90 Å². The van der Waals surface area contributed by atoms with Gasteiger partial charge in [-0.25, -0.2) is 0 Å². The minimum atomic E-state index is -4.34. The van der Waals surface area contributed by atoms with Crippen molar-refractivity contribution in [3.8, 4) is 0 Å². The number of carbonyl (C=O) groups is 1. The minimum Gasteiger partial charge on any atom is -0.348 e. The number of halogens is 3. The number of pyridine rings is 1. The van der Waals surface area contributed by atoms with Gasteiger partial charge in [-0.15, -0.1) is 0 Å². The van der Waals surface area contributed by atoms with Crippen LogP contribution in [0.2, 0.25) is 0 Å². The molecular weight excluding hydrogens is 391 g/mol. The highest BCUT2D eigenvalue weighted by molar-refractivity contribution is 5.77. The first kappa shape index (κ1) is 22.3. The Balaban J connectivity index is 1.76. The van der Waals surface area contributed by atoms with Crippen molar-refractivity contribution in [2.75, 3.05) is 33.7 Å². The molecule has 1 fully saturated rings. The smallest absolute Gasteiger partial charge is 0.348 e. The SMILES string of the molecule is Cc1cc(Cc2cccc(C(F)(F)F)c2)cc([C@@H]2CCCN(CC(=O)N(C)C)C2)n1. The fourth-order valence-electron chi connectivity index (χ4n) is 3.95. The molecule has 162 valence electrons. The Bertz CT molecular complexity index is 896. The minimum absolute atomic E-state index is 0.0816. The van der Waals surface area contributed by atoms with Crippen molar-refractivity contribution in [3.05, 3.63) is 64.5 Å². The second-order valence-corrected chi connectivity index (χ2v) is 8.28. The van der Waals surface area contributed by atoms with Gasteiger partial charge in [-0.05, 0) is 62.1 Å². The molecule has 4 nitrogen and oxygen atoms in total. The molecule has 1 amide bonds. The molecule has 0 unspecified atom stereocenters. The lowest BCUT2D eigenvalue weighted by atomic mass is 9.92. The van der Waals surface area contributed by atoms with E-state index >= 15 is 0 Å². The number of alkyl halides is 3. The van der Waals surface area contributed by atoms with E-state index in [0.29, 0.717) is 18.5 Å². The molecule has 1 aliphatic rings. The summed E-state index contributed by atoms with van der Waals surface area (Å²) in [6.07, 6.45) is -1.93. The van der Waals surface area contributed by atoms with Gasteiger partial charge in [-0.3, -0.25) is 14.7 Å². The first-order valence-corrected chi connectivity index (χ1v) is 10.2. The maximum absolute atomic E-state index is 13.0. The van der Waals surface area contributed by atoms with E-state index in [1.54, 1.807) is 25.1 Å². The number of hydrogen-bond donors (Lipinski definition) is 0. The maximum atomic E-state index is 13.0. The van der Waals surface area contributed by atoms with Crippen LogP contribution < -0.4 is 0 Å². The highest BCUT2D eigenvalue weighted by atomic mass is 19.4. The van der Waals surface area contributed by atoms with Crippen molar-refractivity contribution in [2.24, 2.45) is 0 Å². The highest BCUT2D eigenvalue weighted by Gasteiger charge is 2.30. The lowest BCUT2D eigenvalue weighted by molar-refractivity contribution is -0.137. The van der Waals surface area contributed by atoms with Gasteiger partial charge in [0, 0.05) is 37.9 Å². The van der Waals surface area contributed by atoms with Gasteiger partial charge in [0.15, 0.2) is 0 Å². The van der Waals surface area contributed by atoms with Crippen LogP contribution >= 0.6 is 0 Å². The molecule has 3 rings (SSSR count). The molecule has 0 radical (unpaired) electrons. The van der Waals surface area contributed by atoms with Crippen molar-refractivity contribution in [3.63, 3.8) is 0 Å². The molecule has 1 aromatic carbocycles. The number of aryl methyl sites for hydroxylation is 1. The number of rotatable bonds is 5. The van der Waals surface area contributed by atoms with Crippen LogP contribution in [0.5, 0.6) is 0 Å². The summed E-state index contributed by atoms with van der Waals surface area (Å²) in [5.41, 5.74) is 2.77. The summed E-state index contributed by atoms with van der Waals surface area (Å²) in [5.74, 6) is 0.298. The predicted molar refractivity (Wildman–Crippen MR) is 110 cm³/mol. The van der Waals surface area contributed by atoms with Gasteiger partial charge >= 0.3 is 6.18 Å². The lowest BCUT2D eigenvalue weighted by Gasteiger charge is -2.32. The van der Waals surface area contributed by atoms with Gasteiger partial charge in [-0.2, -0.15) is 13.2 Å². The fraction of sp³-hybridized carbons (Fsp3) is 0.478. The third kappa shape index (κ3) is 5.81. The Morgan fingerprint density at radius 3 is 2.67 bits per heavy atom. The molecule has 2 heterocycles. The number of piperidine rings is 1. The summed E-state index contributed by atoms with van der Waals surface area (Å²) in [4.78, 5) is 20.5. The van der Waals surface area contributed by atoms with E-state index in [2.05, 4.69) is 4.90 Å². The molecule has 0 N–H and O–H groups in total. The quantitative estimate of drug-likeness (QED) is 0.726. The summed E-state index contributed by atoms with van der Waals surface area (Å²) in [6.45, 7) is 3.96. The molecule has 7 heteroatoms. The number of carbonyl (C=O) groups excluding carboxylic acids is 1. The van der Waals surface area contributed by atoms with Gasteiger partial charge in [-0.1, -0.05) is 18.2 Å². The van der Waals surface area contributed by atoms with Crippen molar-refractivity contribution in [2.45, 2.75) is 38.3 Å². The normalized spacial score (nSPS) is 17.7. The van der Waals surface area contributed by atoms with E-state index in [0.717, 1.165) is 48.9 Å². The van der Waals surface area contributed by atoms with Crippen LogP contribution in [0.15, 0.2) is 36.4 Å². The molecular formula is C23H28F3N3O. The number of benzene rings is 1. The first-order chi connectivity index (χ1) is 14.1. The van der Waals surface area contributed by atoms with Crippen LogP contribution in [-0.4, -0.2) is 54.4 Å². The summed E-state index contributed by atoms with van der Waals surface area (Å²) in [5, 5.41) is 0. The average molecular weight is 419 g/mol. The molecule has 0 bridgehead atoms. The third-order valence-electron chi connectivity index (χ3n) is 5.48. The largest absolute Gasteiger partial charge is 0.416 e. The summed E-state index contributed by atoms with van der Waals surface area (Å²) >= 11 is 0. The Morgan fingerprint density at radius 2 is 1.97 bits per heavy atom. The van der Waals surface area contributed by atoms with Crippen LogP contribution in [0, 0.1) is 6.92 Å². The van der Waals surface area contributed by atoms with E-state index in [4.69, 9.17) is 4.98 Å². The second kappa shape index (κ2) is 9.16. The molecule has 0 saturated carbocycles. The zero-order chi connectivity index (χ0) is 21.9. The average Bonchev–Trinajstić information content (AvgIpc) is 2.67. The van der Waals surface area contributed by atoms with E-state index < -0.39 is 11.7 Å². The number of likely N-dealkylation sites (tertiary alicyclic amines) is 1. The van der Waals surface area contributed by atoms with Crippen LogP contribution in [0.25, 0.3) is 0 Å². The predicted octanol–water partition coefficient (Wildman–Crippen LogP) is 4.27. The molecule has 1 aromatic heterocycles.